The fourth-order valence-corrected chi connectivity index (χ4v) is 1.41. The van der Waals surface area contributed by atoms with Crippen LogP contribution in [0.25, 0.3) is 0 Å². The zero-order valence-electron chi connectivity index (χ0n) is 8.27. The van der Waals surface area contributed by atoms with Crippen molar-refractivity contribution >= 4 is 5.97 Å². The van der Waals surface area contributed by atoms with Crippen LogP contribution in [0.1, 0.15) is 30.4 Å². The maximum Gasteiger partial charge on any atom is 0.310 e. The highest BCUT2D eigenvalue weighted by Crippen LogP contribution is 2.25. The van der Waals surface area contributed by atoms with Gasteiger partial charge in [0, 0.05) is 0 Å². The zero-order chi connectivity index (χ0) is 11.4. The monoisotopic (exact) mass is 205 g/mol. The molecule has 0 fully saturated rings. The SMILES string of the molecule is CCC(C(=O)O)c1ccc(O)c(C#N)c1. The van der Waals surface area contributed by atoms with E-state index in [0.717, 1.165) is 0 Å². The summed E-state index contributed by atoms with van der Waals surface area (Å²) in [6.07, 6.45) is 0.449. The molecule has 0 saturated heterocycles. The van der Waals surface area contributed by atoms with Gasteiger partial charge in [0.15, 0.2) is 0 Å². The molecule has 0 aliphatic heterocycles. The number of benzene rings is 1. The normalized spacial score (nSPS) is 11.7. The number of phenolic OH excluding ortho intramolecular Hbond substituents is 1. The first kappa shape index (κ1) is 11.1. The molecule has 1 rings (SSSR count). The lowest BCUT2D eigenvalue weighted by Crippen LogP contribution is -2.10. The number of rotatable bonds is 3. The molecule has 0 heterocycles. The molecule has 1 atom stereocenters. The van der Waals surface area contributed by atoms with Gasteiger partial charge in [0.2, 0.25) is 0 Å². The van der Waals surface area contributed by atoms with Crippen molar-refractivity contribution in [3.63, 3.8) is 0 Å². The Hall–Kier alpha value is -2.02. The summed E-state index contributed by atoms with van der Waals surface area (Å²) < 4.78 is 0. The first-order chi connectivity index (χ1) is 7.10. The molecule has 1 aromatic carbocycles. The minimum absolute atomic E-state index is 0.104. The Labute approximate surface area is 87.4 Å². The standard InChI is InChI=1S/C11H11NO3/c1-2-9(11(14)15)7-3-4-10(13)8(5-7)6-12/h3-5,9,13H,2H2,1H3,(H,14,15). The predicted molar refractivity (Wildman–Crippen MR) is 53.5 cm³/mol. The molecule has 2 N–H and O–H groups in total. The number of hydrogen-bond donors (Lipinski definition) is 2. The molecule has 0 radical (unpaired) electrons. The lowest BCUT2D eigenvalue weighted by Gasteiger charge is -2.10. The highest BCUT2D eigenvalue weighted by molar-refractivity contribution is 5.76. The summed E-state index contributed by atoms with van der Waals surface area (Å²) in [5, 5.41) is 26.9. The van der Waals surface area contributed by atoms with E-state index in [1.54, 1.807) is 6.92 Å². The molecule has 0 spiro atoms. The minimum atomic E-state index is -0.924. The van der Waals surface area contributed by atoms with Crippen LogP contribution in [-0.4, -0.2) is 16.2 Å². The van der Waals surface area contributed by atoms with Crippen LogP contribution in [0.3, 0.4) is 0 Å². The van der Waals surface area contributed by atoms with Crippen LogP contribution >= 0.6 is 0 Å². The van der Waals surface area contributed by atoms with E-state index in [4.69, 9.17) is 10.4 Å². The first-order valence-electron chi connectivity index (χ1n) is 4.56. The molecule has 78 valence electrons. The molecule has 0 amide bonds. The third-order valence-corrected chi connectivity index (χ3v) is 2.25. The van der Waals surface area contributed by atoms with Gasteiger partial charge < -0.3 is 10.2 Å². The number of hydrogen-bond acceptors (Lipinski definition) is 3. The summed E-state index contributed by atoms with van der Waals surface area (Å²) in [7, 11) is 0. The van der Waals surface area contributed by atoms with Crippen LogP contribution < -0.4 is 0 Å². The van der Waals surface area contributed by atoms with Crippen molar-refractivity contribution < 1.29 is 15.0 Å². The number of carboxylic acid groups (broad SMARTS) is 1. The molecule has 0 aromatic heterocycles. The van der Waals surface area contributed by atoms with Crippen LogP contribution in [0, 0.1) is 11.3 Å². The van der Waals surface area contributed by atoms with Crippen LogP contribution in [0.15, 0.2) is 18.2 Å². The first-order valence-corrected chi connectivity index (χ1v) is 4.56. The van der Waals surface area contributed by atoms with Crippen LogP contribution in [0.2, 0.25) is 0 Å². The summed E-state index contributed by atoms with van der Waals surface area (Å²) in [4.78, 5) is 10.9. The number of carboxylic acids is 1. The van der Waals surface area contributed by atoms with Gasteiger partial charge in [0.1, 0.15) is 11.8 Å². The zero-order valence-corrected chi connectivity index (χ0v) is 8.27. The quantitative estimate of drug-likeness (QED) is 0.788. The van der Waals surface area contributed by atoms with Crippen LogP contribution in [0.4, 0.5) is 0 Å². The smallest absolute Gasteiger partial charge is 0.310 e. The van der Waals surface area contributed by atoms with Gasteiger partial charge in [-0.15, -0.1) is 0 Å². The van der Waals surface area contributed by atoms with Crippen LogP contribution in [0.5, 0.6) is 5.75 Å². The lowest BCUT2D eigenvalue weighted by molar-refractivity contribution is -0.138. The van der Waals surface area contributed by atoms with E-state index in [1.165, 1.54) is 18.2 Å². The van der Waals surface area contributed by atoms with E-state index < -0.39 is 11.9 Å². The van der Waals surface area contributed by atoms with E-state index in [0.29, 0.717) is 12.0 Å². The summed E-state index contributed by atoms with van der Waals surface area (Å²) >= 11 is 0. The molecule has 0 saturated carbocycles. The van der Waals surface area contributed by atoms with E-state index in [1.807, 2.05) is 6.07 Å². The average Bonchev–Trinajstić information content (AvgIpc) is 2.21. The summed E-state index contributed by atoms with van der Waals surface area (Å²) in [5.41, 5.74) is 0.645. The molecule has 0 aliphatic carbocycles. The Morgan fingerprint density at radius 1 is 1.60 bits per heavy atom. The third-order valence-electron chi connectivity index (χ3n) is 2.25. The van der Waals surface area contributed by atoms with Gasteiger partial charge in [-0.2, -0.15) is 5.26 Å². The van der Waals surface area contributed by atoms with Crippen molar-refractivity contribution in [2.24, 2.45) is 0 Å². The Morgan fingerprint density at radius 3 is 2.73 bits per heavy atom. The topological polar surface area (TPSA) is 81.3 Å². The van der Waals surface area contributed by atoms with E-state index in [-0.39, 0.29) is 11.3 Å². The third kappa shape index (κ3) is 2.26. The number of nitriles is 1. The van der Waals surface area contributed by atoms with E-state index in [2.05, 4.69) is 0 Å². The van der Waals surface area contributed by atoms with Gasteiger partial charge in [-0.25, -0.2) is 0 Å². The predicted octanol–water partition coefficient (Wildman–Crippen LogP) is 1.84. The highest BCUT2D eigenvalue weighted by atomic mass is 16.4. The molecule has 1 aromatic rings. The maximum absolute atomic E-state index is 10.9. The molecular formula is C11H11NO3. The average molecular weight is 205 g/mol. The molecule has 0 aliphatic rings. The fourth-order valence-electron chi connectivity index (χ4n) is 1.41. The number of nitrogens with zero attached hydrogens (tertiary/aromatic N) is 1. The van der Waals surface area contributed by atoms with Crippen molar-refractivity contribution in [2.45, 2.75) is 19.3 Å². The summed E-state index contributed by atoms with van der Waals surface area (Å²) in [5.74, 6) is -1.67. The lowest BCUT2D eigenvalue weighted by atomic mass is 9.95. The number of aliphatic carboxylic acids is 1. The van der Waals surface area contributed by atoms with Crippen molar-refractivity contribution in [3.05, 3.63) is 29.3 Å². The number of phenols is 1. The van der Waals surface area contributed by atoms with Crippen molar-refractivity contribution in [3.8, 4) is 11.8 Å². The van der Waals surface area contributed by atoms with Gasteiger partial charge in [-0.3, -0.25) is 4.79 Å². The molecule has 1 unspecified atom stereocenters. The van der Waals surface area contributed by atoms with Crippen molar-refractivity contribution in [1.82, 2.24) is 0 Å². The largest absolute Gasteiger partial charge is 0.507 e. The molecule has 4 nitrogen and oxygen atoms in total. The summed E-state index contributed by atoms with van der Waals surface area (Å²) in [6, 6.07) is 6.10. The van der Waals surface area contributed by atoms with Gasteiger partial charge in [0.25, 0.3) is 0 Å². The second kappa shape index (κ2) is 4.47. The Kier molecular flexibility index (Phi) is 3.29. The highest BCUT2D eigenvalue weighted by Gasteiger charge is 2.18. The van der Waals surface area contributed by atoms with E-state index >= 15 is 0 Å². The second-order valence-electron chi connectivity index (χ2n) is 3.19. The van der Waals surface area contributed by atoms with Gasteiger partial charge >= 0.3 is 5.97 Å². The second-order valence-corrected chi connectivity index (χ2v) is 3.19. The molecular weight excluding hydrogens is 194 g/mol. The van der Waals surface area contributed by atoms with Crippen molar-refractivity contribution in [1.29, 1.82) is 5.26 Å². The number of carbonyl (C=O) groups is 1. The Bertz CT molecular complexity index is 420. The van der Waals surface area contributed by atoms with Gasteiger partial charge in [0.05, 0.1) is 11.5 Å². The summed E-state index contributed by atoms with van der Waals surface area (Å²) in [6.45, 7) is 1.76. The molecule has 0 bridgehead atoms. The van der Waals surface area contributed by atoms with Gasteiger partial charge in [-0.1, -0.05) is 13.0 Å². The Balaban J connectivity index is 3.16. The van der Waals surface area contributed by atoms with Crippen molar-refractivity contribution in [2.75, 3.05) is 0 Å². The van der Waals surface area contributed by atoms with E-state index in [9.17, 15) is 9.90 Å². The molecule has 4 heteroatoms. The fraction of sp³-hybridized carbons (Fsp3) is 0.273. The van der Waals surface area contributed by atoms with Crippen LogP contribution in [-0.2, 0) is 4.79 Å². The maximum atomic E-state index is 10.9. The Morgan fingerprint density at radius 2 is 2.27 bits per heavy atom. The number of aromatic hydroxyl groups is 1. The molecule has 15 heavy (non-hydrogen) atoms. The van der Waals surface area contributed by atoms with Gasteiger partial charge in [-0.05, 0) is 24.1 Å². The minimum Gasteiger partial charge on any atom is -0.507 e.